The molecule has 1 aliphatic carbocycles. The van der Waals surface area contributed by atoms with Gasteiger partial charge in [-0.1, -0.05) is 36.4 Å². The smallest absolute Gasteiger partial charge is 0.227 e. The van der Waals surface area contributed by atoms with Gasteiger partial charge in [0.1, 0.15) is 0 Å². The van der Waals surface area contributed by atoms with Gasteiger partial charge >= 0.3 is 0 Å². The van der Waals surface area contributed by atoms with Crippen molar-refractivity contribution in [3.8, 4) is 0 Å². The molecule has 0 aliphatic heterocycles. The van der Waals surface area contributed by atoms with Gasteiger partial charge in [-0.25, -0.2) is 0 Å². The monoisotopic (exact) mass is 280 g/mol. The highest BCUT2D eigenvalue weighted by Crippen LogP contribution is 2.30. The number of benzene rings is 2. The summed E-state index contributed by atoms with van der Waals surface area (Å²) in [6, 6.07) is 18.4. The molecule has 1 saturated carbocycles. The summed E-state index contributed by atoms with van der Waals surface area (Å²) in [6.45, 7) is 2.13. The van der Waals surface area contributed by atoms with Crippen LogP contribution in [0.1, 0.15) is 31.4 Å². The SMILES string of the molecule is CC(Nc1cccc(NC(=O)C2CC2)c1)c1ccccc1. The molecule has 21 heavy (non-hydrogen) atoms. The van der Waals surface area contributed by atoms with E-state index in [0.717, 1.165) is 24.2 Å². The van der Waals surface area contributed by atoms with Gasteiger partial charge in [0, 0.05) is 23.3 Å². The molecule has 1 amide bonds. The second-order valence-electron chi connectivity index (χ2n) is 5.62. The third-order valence-corrected chi connectivity index (χ3v) is 3.76. The van der Waals surface area contributed by atoms with E-state index < -0.39 is 0 Å². The molecule has 1 atom stereocenters. The lowest BCUT2D eigenvalue weighted by Gasteiger charge is -2.16. The van der Waals surface area contributed by atoms with Crippen LogP contribution in [0.25, 0.3) is 0 Å². The second kappa shape index (κ2) is 6.00. The molecular formula is C18H20N2O. The highest BCUT2D eigenvalue weighted by Gasteiger charge is 2.29. The fourth-order valence-corrected chi connectivity index (χ4v) is 2.35. The average Bonchev–Trinajstić information content (AvgIpc) is 3.33. The molecule has 2 N–H and O–H groups in total. The summed E-state index contributed by atoms with van der Waals surface area (Å²) in [5.74, 6) is 0.369. The lowest BCUT2D eigenvalue weighted by Crippen LogP contribution is -2.13. The predicted octanol–water partition coefficient (Wildman–Crippen LogP) is 4.21. The molecule has 0 aromatic heterocycles. The lowest BCUT2D eigenvalue weighted by molar-refractivity contribution is -0.117. The molecule has 3 rings (SSSR count). The number of hydrogen-bond donors (Lipinski definition) is 2. The Balaban J connectivity index is 1.66. The first-order valence-electron chi connectivity index (χ1n) is 7.45. The minimum Gasteiger partial charge on any atom is -0.378 e. The minimum absolute atomic E-state index is 0.142. The lowest BCUT2D eigenvalue weighted by atomic mass is 10.1. The maximum absolute atomic E-state index is 11.8. The van der Waals surface area contributed by atoms with Crippen molar-refractivity contribution in [2.75, 3.05) is 10.6 Å². The Morgan fingerprint density at radius 2 is 1.76 bits per heavy atom. The van der Waals surface area contributed by atoms with E-state index in [1.54, 1.807) is 0 Å². The van der Waals surface area contributed by atoms with Crippen molar-refractivity contribution in [1.82, 2.24) is 0 Å². The number of carbonyl (C=O) groups excluding carboxylic acids is 1. The van der Waals surface area contributed by atoms with Crippen molar-refractivity contribution in [3.63, 3.8) is 0 Å². The molecule has 1 unspecified atom stereocenters. The van der Waals surface area contributed by atoms with Gasteiger partial charge < -0.3 is 10.6 Å². The zero-order valence-corrected chi connectivity index (χ0v) is 12.2. The minimum atomic E-state index is 0.142. The molecule has 2 aromatic rings. The van der Waals surface area contributed by atoms with Crippen molar-refractivity contribution in [2.24, 2.45) is 5.92 Å². The molecular weight excluding hydrogens is 260 g/mol. The molecule has 0 bridgehead atoms. The standard InChI is InChI=1S/C18H20N2O/c1-13(14-6-3-2-4-7-14)19-16-8-5-9-17(12-16)20-18(21)15-10-11-15/h2-9,12-13,15,19H,10-11H2,1H3,(H,20,21). The van der Waals surface area contributed by atoms with Crippen LogP contribution in [0.15, 0.2) is 54.6 Å². The van der Waals surface area contributed by atoms with Crippen molar-refractivity contribution in [2.45, 2.75) is 25.8 Å². The van der Waals surface area contributed by atoms with Gasteiger partial charge in [0.2, 0.25) is 5.91 Å². The van der Waals surface area contributed by atoms with E-state index in [-0.39, 0.29) is 17.9 Å². The summed E-state index contributed by atoms with van der Waals surface area (Å²) in [5, 5.41) is 6.44. The van der Waals surface area contributed by atoms with Crippen molar-refractivity contribution < 1.29 is 4.79 Å². The highest BCUT2D eigenvalue weighted by molar-refractivity contribution is 5.94. The highest BCUT2D eigenvalue weighted by atomic mass is 16.2. The van der Waals surface area contributed by atoms with Gasteiger partial charge in [0.05, 0.1) is 0 Å². The number of carbonyl (C=O) groups is 1. The average molecular weight is 280 g/mol. The van der Waals surface area contributed by atoms with Crippen LogP contribution in [-0.2, 0) is 4.79 Å². The van der Waals surface area contributed by atoms with Crippen LogP contribution in [0.3, 0.4) is 0 Å². The Hall–Kier alpha value is -2.29. The number of nitrogens with one attached hydrogen (secondary N) is 2. The zero-order chi connectivity index (χ0) is 14.7. The maximum Gasteiger partial charge on any atom is 0.227 e. The molecule has 3 heteroatoms. The van der Waals surface area contributed by atoms with Crippen molar-refractivity contribution >= 4 is 17.3 Å². The van der Waals surface area contributed by atoms with E-state index in [2.05, 4.69) is 29.7 Å². The third-order valence-electron chi connectivity index (χ3n) is 3.76. The topological polar surface area (TPSA) is 41.1 Å². The van der Waals surface area contributed by atoms with Gasteiger partial charge in [-0.2, -0.15) is 0 Å². The first-order valence-corrected chi connectivity index (χ1v) is 7.45. The summed E-state index contributed by atoms with van der Waals surface area (Å²) < 4.78 is 0. The van der Waals surface area contributed by atoms with Crippen LogP contribution in [0.4, 0.5) is 11.4 Å². The van der Waals surface area contributed by atoms with E-state index in [1.807, 2.05) is 42.5 Å². The summed E-state index contributed by atoms with van der Waals surface area (Å²) in [5.41, 5.74) is 3.11. The van der Waals surface area contributed by atoms with Gasteiger partial charge in [-0.05, 0) is 43.5 Å². The van der Waals surface area contributed by atoms with Crippen LogP contribution >= 0.6 is 0 Å². The van der Waals surface area contributed by atoms with E-state index >= 15 is 0 Å². The van der Waals surface area contributed by atoms with Crippen molar-refractivity contribution in [3.05, 3.63) is 60.2 Å². The van der Waals surface area contributed by atoms with Gasteiger partial charge in [0.15, 0.2) is 0 Å². The first kappa shape index (κ1) is 13.7. The Morgan fingerprint density at radius 3 is 2.48 bits per heavy atom. The molecule has 2 aromatic carbocycles. The van der Waals surface area contributed by atoms with E-state index in [1.165, 1.54) is 5.56 Å². The molecule has 1 aliphatic rings. The summed E-state index contributed by atoms with van der Waals surface area (Å²) >= 11 is 0. The molecule has 1 fully saturated rings. The van der Waals surface area contributed by atoms with Gasteiger partial charge in [0.25, 0.3) is 0 Å². The van der Waals surface area contributed by atoms with Crippen LogP contribution < -0.4 is 10.6 Å². The number of hydrogen-bond acceptors (Lipinski definition) is 2. The van der Waals surface area contributed by atoms with Crippen LogP contribution in [-0.4, -0.2) is 5.91 Å². The zero-order valence-electron chi connectivity index (χ0n) is 12.2. The molecule has 3 nitrogen and oxygen atoms in total. The van der Waals surface area contributed by atoms with Crippen LogP contribution in [0.2, 0.25) is 0 Å². The largest absolute Gasteiger partial charge is 0.378 e. The van der Waals surface area contributed by atoms with E-state index in [9.17, 15) is 4.79 Å². The first-order chi connectivity index (χ1) is 10.2. The van der Waals surface area contributed by atoms with E-state index in [0.29, 0.717) is 0 Å². The summed E-state index contributed by atoms with van der Waals surface area (Å²) in [6.07, 6.45) is 2.05. The predicted molar refractivity (Wildman–Crippen MR) is 86.3 cm³/mol. The van der Waals surface area contributed by atoms with Gasteiger partial charge in [-0.15, -0.1) is 0 Å². The Morgan fingerprint density at radius 1 is 1.05 bits per heavy atom. The fraction of sp³-hybridized carbons (Fsp3) is 0.278. The summed E-state index contributed by atoms with van der Waals surface area (Å²) in [4.78, 5) is 11.8. The quantitative estimate of drug-likeness (QED) is 0.861. The molecule has 0 radical (unpaired) electrons. The molecule has 0 saturated heterocycles. The Bertz CT molecular complexity index is 620. The van der Waals surface area contributed by atoms with Crippen molar-refractivity contribution in [1.29, 1.82) is 0 Å². The van der Waals surface area contributed by atoms with Gasteiger partial charge in [-0.3, -0.25) is 4.79 Å². The van der Waals surface area contributed by atoms with E-state index in [4.69, 9.17) is 0 Å². The Kier molecular flexibility index (Phi) is 3.91. The maximum atomic E-state index is 11.8. The Labute approximate surface area is 125 Å². The fourth-order valence-electron chi connectivity index (χ4n) is 2.35. The summed E-state index contributed by atoms with van der Waals surface area (Å²) in [7, 11) is 0. The second-order valence-corrected chi connectivity index (χ2v) is 5.62. The van der Waals surface area contributed by atoms with Crippen LogP contribution in [0.5, 0.6) is 0 Å². The number of anilines is 2. The molecule has 108 valence electrons. The number of amides is 1. The van der Waals surface area contributed by atoms with Crippen LogP contribution in [0, 0.1) is 5.92 Å². The molecule has 0 heterocycles. The number of rotatable bonds is 5. The third kappa shape index (κ3) is 3.63. The normalized spacial score (nSPS) is 15.3. The molecule has 0 spiro atoms.